The van der Waals surface area contributed by atoms with E-state index in [1.54, 1.807) is 0 Å². The number of nitrogens with one attached hydrogen (secondary N) is 1. The second-order valence-electron chi connectivity index (χ2n) is 5.62. The van der Waals surface area contributed by atoms with Crippen molar-refractivity contribution >= 4 is 11.7 Å². The van der Waals surface area contributed by atoms with Gasteiger partial charge < -0.3 is 5.32 Å². The molecule has 0 aliphatic heterocycles. The highest BCUT2D eigenvalue weighted by atomic mass is 16.2. The quantitative estimate of drug-likeness (QED) is 0.817. The summed E-state index contributed by atoms with van der Waals surface area (Å²) in [5.74, 6) is 0.331. The molecule has 0 heterocycles. The Labute approximate surface area is 126 Å². The fourth-order valence-corrected chi connectivity index (χ4v) is 2.91. The number of hydrogen-bond donors (Lipinski definition) is 1. The van der Waals surface area contributed by atoms with Gasteiger partial charge in [0, 0.05) is 19.4 Å². The van der Waals surface area contributed by atoms with Crippen LogP contribution in [0.25, 0.3) is 0 Å². The molecule has 112 valence electrons. The number of allylic oxidation sites excluding steroid dienone is 1. The smallest absolute Gasteiger partial charge is 0.227 e. The van der Waals surface area contributed by atoms with Crippen LogP contribution in [0.4, 0.5) is 0 Å². The van der Waals surface area contributed by atoms with Gasteiger partial charge in [-0.3, -0.25) is 9.59 Å². The third kappa shape index (κ3) is 4.55. The number of amides is 1. The molecule has 0 saturated heterocycles. The first kappa shape index (κ1) is 15.5. The maximum atomic E-state index is 12.3. The first-order valence-corrected chi connectivity index (χ1v) is 7.67. The number of carbonyl (C=O) groups is 2. The molecule has 1 saturated carbocycles. The molecule has 3 heteroatoms. The minimum Gasteiger partial charge on any atom is -0.355 e. The second-order valence-corrected chi connectivity index (χ2v) is 5.62. The Morgan fingerprint density at radius 2 is 2.14 bits per heavy atom. The summed E-state index contributed by atoms with van der Waals surface area (Å²) in [6.45, 7) is 2.55. The number of ketones is 1. The second kappa shape index (κ2) is 7.77. The molecule has 0 radical (unpaired) electrons. The van der Waals surface area contributed by atoms with E-state index >= 15 is 0 Å². The lowest BCUT2D eigenvalue weighted by molar-refractivity contribution is -0.125. The highest BCUT2D eigenvalue weighted by molar-refractivity contribution is 5.85. The van der Waals surface area contributed by atoms with Crippen molar-refractivity contribution in [3.63, 3.8) is 0 Å². The van der Waals surface area contributed by atoms with E-state index in [1.165, 1.54) is 5.56 Å². The topological polar surface area (TPSA) is 46.2 Å². The van der Waals surface area contributed by atoms with Crippen LogP contribution >= 0.6 is 0 Å². The van der Waals surface area contributed by atoms with E-state index in [4.69, 9.17) is 0 Å². The zero-order valence-electron chi connectivity index (χ0n) is 12.5. The molecule has 1 N–H and O–H groups in total. The molecule has 21 heavy (non-hydrogen) atoms. The average Bonchev–Trinajstić information content (AvgIpc) is 2.92. The van der Waals surface area contributed by atoms with Crippen molar-refractivity contribution in [1.29, 1.82) is 0 Å². The molecular formula is C18H23NO2. The molecule has 0 spiro atoms. The highest BCUT2D eigenvalue weighted by Gasteiger charge is 2.32. The van der Waals surface area contributed by atoms with Crippen LogP contribution in [0.15, 0.2) is 42.5 Å². The summed E-state index contributed by atoms with van der Waals surface area (Å²) in [5.41, 5.74) is 1.22. The first-order chi connectivity index (χ1) is 10.2. The number of Topliss-reactive ketones (excluding diaryl/α,β-unsaturated/α-hetero) is 1. The molecular weight excluding hydrogens is 262 g/mol. The zero-order chi connectivity index (χ0) is 15.1. The number of benzene rings is 1. The predicted molar refractivity (Wildman–Crippen MR) is 83.8 cm³/mol. The average molecular weight is 285 g/mol. The molecule has 0 aromatic heterocycles. The van der Waals surface area contributed by atoms with Gasteiger partial charge >= 0.3 is 0 Å². The lowest BCUT2D eigenvalue weighted by atomic mass is 9.89. The summed E-state index contributed by atoms with van der Waals surface area (Å²) >= 11 is 0. The van der Waals surface area contributed by atoms with E-state index in [9.17, 15) is 9.59 Å². The number of rotatable bonds is 6. The van der Waals surface area contributed by atoms with Crippen LogP contribution in [-0.4, -0.2) is 18.2 Å². The van der Waals surface area contributed by atoms with Gasteiger partial charge in [-0.2, -0.15) is 0 Å². The van der Waals surface area contributed by atoms with Gasteiger partial charge in [-0.05, 0) is 31.2 Å². The predicted octanol–water partition coefficient (Wildman–Crippen LogP) is 2.91. The summed E-state index contributed by atoms with van der Waals surface area (Å²) in [7, 11) is 0. The van der Waals surface area contributed by atoms with Gasteiger partial charge in [0.2, 0.25) is 5.91 Å². The van der Waals surface area contributed by atoms with Crippen LogP contribution in [0.2, 0.25) is 0 Å². The van der Waals surface area contributed by atoms with Gasteiger partial charge in [0.25, 0.3) is 0 Å². The SMILES string of the molecule is C/C=C/C(C(=O)NCCc1ccccc1)C1CCC(=O)C1. The Hall–Kier alpha value is -1.90. The van der Waals surface area contributed by atoms with Gasteiger partial charge in [0.15, 0.2) is 0 Å². The van der Waals surface area contributed by atoms with Crippen molar-refractivity contribution in [3.8, 4) is 0 Å². The Morgan fingerprint density at radius 1 is 1.38 bits per heavy atom. The number of hydrogen-bond acceptors (Lipinski definition) is 2. The normalized spacial score (nSPS) is 19.9. The van der Waals surface area contributed by atoms with Crippen molar-refractivity contribution in [2.45, 2.75) is 32.6 Å². The maximum absolute atomic E-state index is 12.3. The molecule has 1 aliphatic rings. The van der Waals surface area contributed by atoms with E-state index < -0.39 is 0 Å². The van der Waals surface area contributed by atoms with Gasteiger partial charge in [-0.15, -0.1) is 0 Å². The lowest BCUT2D eigenvalue weighted by Crippen LogP contribution is -2.34. The largest absolute Gasteiger partial charge is 0.355 e. The van der Waals surface area contributed by atoms with Gasteiger partial charge in [0.1, 0.15) is 5.78 Å². The molecule has 2 unspecified atom stereocenters. The minimum absolute atomic E-state index is 0.0451. The van der Waals surface area contributed by atoms with Crippen LogP contribution in [0.1, 0.15) is 31.7 Å². The van der Waals surface area contributed by atoms with Gasteiger partial charge in [-0.25, -0.2) is 0 Å². The Morgan fingerprint density at radius 3 is 2.76 bits per heavy atom. The van der Waals surface area contributed by atoms with E-state index in [2.05, 4.69) is 17.4 Å². The highest BCUT2D eigenvalue weighted by Crippen LogP contribution is 2.30. The van der Waals surface area contributed by atoms with Crippen molar-refractivity contribution in [2.75, 3.05) is 6.54 Å². The Kier molecular flexibility index (Phi) is 5.73. The summed E-state index contributed by atoms with van der Waals surface area (Å²) in [5, 5.41) is 3.01. The van der Waals surface area contributed by atoms with Crippen molar-refractivity contribution in [3.05, 3.63) is 48.0 Å². The van der Waals surface area contributed by atoms with Crippen LogP contribution < -0.4 is 5.32 Å². The molecule has 1 aromatic rings. The van der Waals surface area contributed by atoms with E-state index in [0.29, 0.717) is 19.4 Å². The van der Waals surface area contributed by atoms with Crippen LogP contribution in [0.5, 0.6) is 0 Å². The van der Waals surface area contributed by atoms with E-state index in [-0.39, 0.29) is 23.5 Å². The summed E-state index contributed by atoms with van der Waals surface area (Å²) < 4.78 is 0. The van der Waals surface area contributed by atoms with E-state index in [1.807, 2.05) is 37.3 Å². The Balaban J connectivity index is 1.85. The number of carbonyl (C=O) groups excluding carboxylic acids is 2. The van der Waals surface area contributed by atoms with Crippen molar-refractivity contribution in [1.82, 2.24) is 5.32 Å². The Bertz CT molecular complexity index is 507. The molecule has 1 fully saturated rings. The standard InChI is InChI=1S/C18H23NO2/c1-2-6-17(15-9-10-16(20)13-15)18(21)19-12-11-14-7-4-3-5-8-14/h2-8,15,17H,9-13H2,1H3,(H,19,21)/b6-2+. The fourth-order valence-electron chi connectivity index (χ4n) is 2.91. The fraction of sp³-hybridized carbons (Fsp3) is 0.444. The monoisotopic (exact) mass is 285 g/mol. The summed E-state index contributed by atoms with van der Waals surface area (Å²) in [6.07, 6.45) is 6.67. The third-order valence-corrected chi connectivity index (χ3v) is 4.05. The van der Waals surface area contributed by atoms with Gasteiger partial charge in [-0.1, -0.05) is 42.5 Å². The minimum atomic E-state index is -0.169. The summed E-state index contributed by atoms with van der Waals surface area (Å²) in [6, 6.07) is 10.1. The molecule has 1 amide bonds. The van der Waals surface area contributed by atoms with Crippen LogP contribution in [0.3, 0.4) is 0 Å². The van der Waals surface area contributed by atoms with Crippen molar-refractivity contribution in [2.24, 2.45) is 11.8 Å². The molecule has 2 atom stereocenters. The van der Waals surface area contributed by atoms with E-state index in [0.717, 1.165) is 12.8 Å². The molecule has 2 rings (SSSR count). The maximum Gasteiger partial charge on any atom is 0.227 e. The molecule has 1 aromatic carbocycles. The third-order valence-electron chi connectivity index (χ3n) is 4.05. The first-order valence-electron chi connectivity index (χ1n) is 7.67. The molecule has 1 aliphatic carbocycles. The molecule has 3 nitrogen and oxygen atoms in total. The van der Waals surface area contributed by atoms with Gasteiger partial charge in [0.05, 0.1) is 5.92 Å². The lowest BCUT2D eigenvalue weighted by Gasteiger charge is -2.19. The van der Waals surface area contributed by atoms with Crippen LogP contribution in [-0.2, 0) is 16.0 Å². The molecule has 0 bridgehead atoms. The van der Waals surface area contributed by atoms with Crippen LogP contribution in [0, 0.1) is 11.8 Å². The zero-order valence-corrected chi connectivity index (χ0v) is 12.5. The summed E-state index contributed by atoms with van der Waals surface area (Å²) in [4.78, 5) is 23.8. The van der Waals surface area contributed by atoms with Crippen molar-refractivity contribution < 1.29 is 9.59 Å².